The third-order valence-electron chi connectivity index (χ3n) is 5.73. The lowest BCUT2D eigenvalue weighted by atomic mass is 9.63. The molecule has 1 aromatic carbocycles. The molecule has 6 atom stereocenters. The molecule has 21 heavy (non-hydrogen) atoms. The Balaban J connectivity index is 1.60. The van der Waals surface area contributed by atoms with E-state index in [9.17, 15) is 9.59 Å². The molecule has 2 amide bonds. The lowest BCUT2D eigenvalue weighted by molar-refractivity contribution is -0.124. The summed E-state index contributed by atoms with van der Waals surface area (Å²) >= 11 is 6.01. The molecule has 106 valence electrons. The summed E-state index contributed by atoms with van der Waals surface area (Å²) in [5.41, 5.74) is 0.611. The number of allylic oxidation sites excluding steroid dienone is 2. The maximum Gasteiger partial charge on any atom is 0.238 e. The predicted molar refractivity (Wildman–Crippen MR) is 78.6 cm³/mol. The molecule has 0 radical (unpaired) electrons. The molecule has 0 aromatic heterocycles. The van der Waals surface area contributed by atoms with Crippen LogP contribution >= 0.6 is 11.6 Å². The first-order chi connectivity index (χ1) is 10.2. The van der Waals surface area contributed by atoms with E-state index in [4.69, 9.17) is 11.6 Å². The molecule has 6 rings (SSSR count). The number of halogens is 1. The molecule has 5 aliphatic rings. The molecule has 4 heteroatoms. The normalized spacial score (nSPS) is 42.2. The minimum absolute atomic E-state index is 0.0306. The van der Waals surface area contributed by atoms with E-state index < -0.39 is 0 Å². The van der Waals surface area contributed by atoms with Gasteiger partial charge in [0, 0.05) is 5.02 Å². The zero-order chi connectivity index (χ0) is 14.3. The number of anilines is 1. The fourth-order valence-electron chi connectivity index (χ4n) is 4.83. The number of hydrogen-bond acceptors (Lipinski definition) is 2. The third-order valence-corrected chi connectivity index (χ3v) is 5.96. The molecule has 3 fully saturated rings. The van der Waals surface area contributed by atoms with E-state index in [1.807, 2.05) is 0 Å². The number of imide groups is 1. The summed E-state index contributed by atoms with van der Waals surface area (Å²) < 4.78 is 0. The van der Waals surface area contributed by atoms with Gasteiger partial charge in [0.15, 0.2) is 0 Å². The Morgan fingerprint density at radius 1 is 1.00 bits per heavy atom. The monoisotopic (exact) mass is 299 g/mol. The van der Waals surface area contributed by atoms with Crippen molar-refractivity contribution in [3.05, 3.63) is 41.4 Å². The maximum atomic E-state index is 12.8. The molecule has 0 N–H and O–H groups in total. The van der Waals surface area contributed by atoms with Crippen LogP contribution in [0.5, 0.6) is 0 Å². The molecule has 2 bridgehead atoms. The lowest BCUT2D eigenvalue weighted by Gasteiger charge is -2.37. The molecular weight excluding hydrogens is 286 g/mol. The minimum Gasteiger partial charge on any atom is -0.274 e. The average molecular weight is 300 g/mol. The van der Waals surface area contributed by atoms with Gasteiger partial charge in [0.25, 0.3) is 0 Å². The van der Waals surface area contributed by atoms with Crippen molar-refractivity contribution in [2.24, 2.45) is 35.5 Å². The number of nitrogens with zero attached hydrogens (tertiary/aromatic N) is 1. The minimum atomic E-state index is -0.143. The zero-order valence-electron chi connectivity index (χ0n) is 11.3. The van der Waals surface area contributed by atoms with Gasteiger partial charge in [-0.2, -0.15) is 0 Å². The van der Waals surface area contributed by atoms with Crippen LogP contribution in [0.1, 0.15) is 6.42 Å². The van der Waals surface area contributed by atoms with E-state index in [0.29, 0.717) is 22.5 Å². The van der Waals surface area contributed by atoms with Crippen LogP contribution in [0.2, 0.25) is 5.02 Å². The Labute approximate surface area is 127 Å². The number of amides is 2. The SMILES string of the molecule is O=C1[C@@H]2[C@H]3C=C[C@@H]([C@@H]4C[C@@H]34)[C@@H]2C(=O)N1c1cccc(Cl)c1. The molecule has 3 nitrogen and oxygen atoms in total. The number of carbonyl (C=O) groups is 2. The van der Waals surface area contributed by atoms with E-state index >= 15 is 0 Å². The largest absolute Gasteiger partial charge is 0.274 e. The van der Waals surface area contributed by atoms with E-state index in [2.05, 4.69) is 12.2 Å². The van der Waals surface area contributed by atoms with Crippen LogP contribution in [0.4, 0.5) is 5.69 Å². The molecule has 0 unspecified atom stereocenters. The topological polar surface area (TPSA) is 37.4 Å². The zero-order valence-corrected chi connectivity index (χ0v) is 12.0. The highest BCUT2D eigenvalue weighted by Gasteiger charge is 2.67. The molecule has 1 aromatic rings. The van der Waals surface area contributed by atoms with Gasteiger partial charge in [0.1, 0.15) is 0 Å². The average Bonchev–Trinajstić information content (AvgIpc) is 3.24. The van der Waals surface area contributed by atoms with Gasteiger partial charge in [0.2, 0.25) is 11.8 Å². The summed E-state index contributed by atoms with van der Waals surface area (Å²) in [6, 6.07) is 7.02. The number of hydrogen-bond donors (Lipinski definition) is 0. The van der Waals surface area contributed by atoms with Crippen LogP contribution in [-0.4, -0.2) is 11.8 Å². The summed E-state index contributed by atoms with van der Waals surface area (Å²) in [7, 11) is 0. The Kier molecular flexibility index (Phi) is 2.15. The van der Waals surface area contributed by atoms with Gasteiger partial charge in [0.05, 0.1) is 17.5 Å². The quantitative estimate of drug-likeness (QED) is 0.591. The van der Waals surface area contributed by atoms with Gasteiger partial charge in [-0.05, 0) is 48.3 Å². The molecule has 1 heterocycles. The first-order valence-electron chi connectivity index (χ1n) is 7.48. The molecule has 0 spiro atoms. The van der Waals surface area contributed by atoms with E-state index in [1.165, 1.54) is 11.3 Å². The Hall–Kier alpha value is -1.61. The van der Waals surface area contributed by atoms with Crippen LogP contribution < -0.4 is 4.90 Å². The highest BCUT2D eigenvalue weighted by Crippen LogP contribution is 2.65. The van der Waals surface area contributed by atoms with Crippen LogP contribution in [-0.2, 0) is 9.59 Å². The summed E-state index contributed by atoms with van der Waals surface area (Å²) in [6.07, 6.45) is 5.56. The Bertz CT molecular complexity index is 676. The van der Waals surface area contributed by atoms with E-state index in [1.54, 1.807) is 24.3 Å². The van der Waals surface area contributed by atoms with Crippen molar-refractivity contribution in [3.8, 4) is 0 Å². The van der Waals surface area contributed by atoms with Gasteiger partial charge < -0.3 is 0 Å². The fraction of sp³-hybridized carbons (Fsp3) is 0.412. The molecule has 1 aliphatic heterocycles. The summed E-state index contributed by atoms with van der Waals surface area (Å²) in [5, 5.41) is 0.548. The van der Waals surface area contributed by atoms with E-state index in [-0.39, 0.29) is 35.5 Å². The van der Waals surface area contributed by atoms with Crippen molar-refractivity contribution >= 4 is 29.1 Å². The van der Waals surface area contributed by atoms with E-state index in [0.717, 1.165) is 0 Å². The van der Waals surface area contributed by atoms with Crippen molar-refractivity contribution in [3.63, 3.8) is 0 Å². The Morgan fingerprint density at radius 2 is 1.62 bits per heavy atom. The second-order valence-electron chi connectivity index (χ2n) is 6.65. The summed E-state index contributed by atoms with van der Waals surface area (Å²) in [6.45, 7) is 0. The number of benzene rings is 1. The van der Waals surface area contributed by atoms with Crippen LogP contribution in [0, 0.1) is 35.5 Å². The second kappa shape index (κ2) is 3.77. The smallest absolute Gasteiger partial charge is 0.238 e. The lowest BCUT2D eigenvalue weighted by Crippen LogP contribution is -2.40. The fourth-order valence-corrected chi connectivity index (χ4v) is 5.01. The van der Waals surface area contributed by atoms with Crippen molar-refractivity contribution < 1.29 is 9.59 Å². The van der Waals surface area contributed by atoms with Gasteiger partial charge in [-0.1, -0.05) is 29.8 Å². The molecule has 2 saturated carbocycles. The Morgan fingerprint density at radius 3 is 2.19 bits per heavy atom. The third kappa shape index (κ3) is 1.40. The number of rotatable bonds is 1. The summed E-state index contributed by atoms with van der Waals surface area (Å²) in [4.78, 5) is 27.1. The van der Waals surface area contributed by atoms with Crippen LogP contribution in [0.25, 0.3) is 0 Å². The van der Waals surface area contributed by atoms with Crippen molar-refractivity contribution in [1.82, 2.24) is 0 Å². The van der Waals surface area contributed by atoms with Crippen LogP contribution in [0.3, 0.4) is 0 Å². The van der Waals surface area contributed by atoms with Crippen molar-refractivity contribution in [2.45, 2.75) is 6.42 Å². The van der Waals surface area contributed by atoms with Crippen molar-refractivity contribution in [2.75, 3.05) is 4.90 Å². The standard InChI is InChI=1S/C17H14ClNO2/c18-8-2-1-3-9(6-8)19-16(20)14-10-4-5-11(13-7-12(10)13)15(14)17(19)21/h1-6,10-15H,7H2/t10-,11-,12-,13-,14-,15+/m0/s1. The van der Waals surface area contributed by atoms with Gasteiger partial charge in [-0.25, -0.2) is 4.90 Å². The van der Waals surface area contributed by atoms with Crippen molar-refractivity contribution in [1.29, 1.82) is 0 Å². The van der Waals surface area contributed by atoms with Gasteiger partial charge in [-0.3, -0.25) is 9.59 Å². The highest BCUT2D eigenvalue weighted by molar-refractivity contribution is 6.31. The van der Waals surface area contributed by atoms with Gasteiger partial charge in [-0.15, -0.1) is 0 Å². The highest BCUT2D eigenvalue weighted by atomic mass is 35.5. The predicted octanol–water partition coefficient (Wildman–Crippen LogP) is 2.90. The second-order valence-corrected chi connectivity index (χ2v) is 7.08. The summed E-state index contributed by atoms with van der Waals surface area (Å²) in [5.74, 6) is 1.46. The van der Waals surface area contributed by atoms with Crippen LogP contribution in [0.15, 0.2) is 36.4 Å². The molecular formula is C17H14ClNO2. The first-order valence-corrected chi connectivity index (χ1v) is 7.86. The van der Waals surface area contributed by atoms with Gasteiger partial charge >= 0.3 is 0 Å². The molecule has 4 aliphatic carbocycles. The first kappa shape index (κ1) is 12.0. The maximum absolute atomic E-state index is 12.8. The number of carbonyl (C=O) groups excluding carboxylic acids is 2. The molecule has 1 saturated heterocycles.